The van der Waals surface area contributed by atoms with Crippen molar-refractivity contribution >= 4 is 11.8 Å². The van der Waals surface area contributed by atoms with E-state index < -0.39 is 0 Å². The minimum Gasteiger partial charge on any atom is -0.396 e. The van der Waals surface area contributed by atoms with E-state index in [4.69, 9.17) is 0 Å². The molecule has 0 bridgehead atoms. The van der Waals surface area contributed by atoms with Crippen LogP contribution < -0.4 is 0 Å². The average molecular weight is 272 g/mol. The summed E-state index contributed by atoms with van der Waals surface area (Å²) in [6.07, 6.45) is 7.60. The summed E-state index contributed by atoms with van der Waals surface area (Å²) in [7, 11) is 0. The third kappa shape index (κ3) is 4.77. The number of thioether (sulfide) groups is 1. The Morgan fingerprint density at radius 1 is 1.22 bits per heavy atom. The molecule has 18 heavy (non-hydrogen) atoms. The molecule has 0 aliphatic heterocycles. The smallest absolute Gasteiger partial charge is 0.0487 e. The van der Waals surface area contributed by atoms with Gasteiger partial charge in [-0.3, -0.25) is 0 Å². The lowest BCUT2D eigenvalue weighted by molar-refractivity contribution is 0.0301. The normalized spacial score (nSPS) is 29.5. The number of hydrogen-bond donors (Lipinski definition) is 1. The van der Waals surface area contributed by atoms with Gasteiger partial charge in [-0.25, -0.2) is 0 Å². The summed E-state index contributed by atoms with van der Waals surface area (Å²) in [6.45, 7) is 9.71. The number of hydrogen-bond acceptors (Lipinski definition) is 2. The van der Waals surface area contributed by atoms with E-state index in [-0.39, 0.29) is 5.41 Å². The summed E-state index contributed by atoms with van der Waals surface area (Å²) < 4.78 is 0. The van der Waals surface area contributed by atoms with Gasteiger partial charge in [0, 0.05) is 6.61 Å². The molecule has 0 amide bonds. The summed E-state index contributed by atoms with van der Waals surface area (Å²) in [4.78, 5) is 0. The van der Waals surface area contributed by atoms with Gasteiger partial charge in [0.2, 0.25) is 0 Å². The second-order valence-electron chi connectivity index (χ2n) is 7.10. The van der Waals surface area contributed by atoms with E-state index in [0.29, 0.717) is 12.0 Å². The van der Waals surface area contributed by atoms with Gasteiger partial charge in [-0.15, -0.1) is 0 Å². The molecule has 0 aromatic heterocycles. The first-order chi connectivity index (χ1) is 8.43. The molecule has 1 saturated carbocycles. The molecule has 1 nitrogen and oxygen atoms in total. The average Bonchev–Trinajstić information content (AvgIpc) is 2.34. The van der Waals surface area contributed by atoms with Crippen LogP contribution in [0.4, 0.5) is 0 Å². The van der Waals surface area contributed by atoms with Crippen LogP contribution in [0.15, 0.2) is 0 Å². The van der Waals surface area contributed by atoms with Gasteiger partial charge in [0.05, 0.1) is 0 Å². The van der Waals surface area contributed by atoms with Crippen LogP contribution in [0.2, 0.25) is 0 Å². The van der Waals surface area contributed by atoms with Crippen molar-refractivity contribution in [2.45, 2.75) is 66.2 Å². The van der Waals surface area contributed by atoms with E-state index in [9.17, 15) is 5.11 Å². The highest BCUT2D eigenvalue weighted by Gasteiger charge is 2.37. The third-order valence-electron chi connectivity index (χ3n) is 4.81. The largest absolute Gasteiger partial charge is 0.396 e. The molecule has 108 valence electrons. The molecule has 0 spiro atoms. The highest BCUT2D eigenvalue weighted by Crippen LogP contribution is 2.47. The lowest BCUT2D eigenvalue weighted by Crippen LogP contribution is -2.35. The fourth-order valence-electron chi connectivity index (χ4n) is 3.28. The SMILES string of the molecule is CCSCCCC1(CO)CCC(C(C)(C)C)CC1. The van der Waals surface area contributed by atoms with Gasteiger partial charge in [0.1, 0.15) is 0 Å². The quantitative estimate of drug-likeness (QED) is 0.705. The molecule has 0 atom stereocenters. The van der Waals surface area contributed by atoms with E-state index in [0.717, 1.165) is 5.92 Å². The highest BCUT2D eigenvalue weighted by molar-refractivity contribution is 7.99. The molecule has 2 heteroatoms. The van der Waals surface area contributed by atoms with Crippen molar-refractivity contribution < 1.29 is 5.11 Å². The van der Waals surface area contributed by atoms with Crippen molar-refractivity contribution in [1.82, 2.24) is 0 Å². The number of rotatable bonds is 6. The molecule has 0 saturated heterocycles. The zero-order chi connectivity index (χ0) is 13.6. The van der Waals surface area contributed by atoms with Crippen LogP contribution >= 0.6 is 11.8 Å². The first-order valence-electron chi connectivity index (χ1n) is 7.62. The van der Waals surface area contributed by atoms with Crippen molar-refractivity contribution in [2.24, 2.45) is 16.7 Å². The third-order valence-corrected chi connectivity index (χ3v) is 5.79. The standard InChI is InChI=1S/C16H32OS/c1-5-18-12-6-9-16(13-17)10-7-14(8-11-16)15(2,3)4/h14,17H,5-13H2,1-4H3. The topological polar surface area (TPSA) is 20.2 Å². The molecular formula is C16H32OS. The summed E-state index contributed by atoms with van der Waals surface area (Å²) >= 11 is 2.03. The Morgan fingerprint density at radius 2 is 1.83 bits per heavy atom. The van der Waals surface area contributed by atoms with E-state index in [1.165, 1.54) is 50.0 Å². The molecule has 1 aliphatic carbocycles. The Morgan fingerprint density at radius 3 is 2.28 bits per heavy atom. The molecule has 1 fully saturated rings. The van der Waals surface area contributed by atoms with Crippen molar-refractivity contribution in [1.29, 1.82) is 0 Å². The zero-order valence-electron chi connectivity index (χ0n) is 12.8. The molecule has 0 aromatic rings. The highest BCUT2D eigenvalue weighted by atomic mass is 32.2. The molecular weight excluding hydrogens is 240 g/mol. The van der Waals surface area contributed by atoms with Gasteiger partial charge in [-0.05, 0) is 66.8 Å². The Kier molecular flexibility index (Phi) is 6.54. The zero-order valence-corrected chi connectivity index (χ0v) is 13.6. The summed E-state index contributed by atoms with van der Waals surface area (Å²) in [6, 6.07) is 0. The van der Waals surface area contributed by atoms with Crippen LogP contribution in [-0.4, -0.2) is 23.2 Å². The van der Waals surface area contributed by atoms with Gasteiger partial charge in [-0.2, -0.15) is 11.8 Å². The Bertz CT molecular complexity index is 224. The Hall–Kier alpha value is 0.310. The van der Waals surface area contributed by atoms with Crippen molar-refractivity contribution in [3.05, 3.63) is 0 Å². The minimum absolute atomic E-state index is 0.260. The predicted molar refractivity (Wildman–Crippen MR) is 83.2 cm³/mol. The maximum atomic E-state index is 9.78. The van der Waals surface area contributed by atoms with E-state index >= 15 is 0 Å². The number of aliphatic hydroxyl groups excluding tert-OH is 1. The molecule has 1 N–H and O–H groups in total. The molecule has 0 aromatic carbocycles. The van der Waals surface area contributed by atoms with E-state index in [1.807, 2.05) is 11.8 Å². The maximum absolute atomic E-state index is 9.78. The van der Waals surface area contributed by atoms with Crippen molar-refractivity contribution in [3.8, 4) is 0 Å². The summed E-state index contributed by atoms with van der Waals surface area (Å²) in [5.74, 6) is 3.33. The summed E-state index contributed by atoms with van der Waals surface area (Å²) in [5.41, 5.74) is 0.704. The van der Waals surface area contributed by atoms with Gasteiger partial charge in [-0.1, -0.05) is 27.7 Å². The maximum Gasteiger partial charge on any atom is 0.0487 e. The van der Waals surface area contributed by atoms with Gasteiger partial charge in [0.15, 0.2) is 0 Å². The lowest BCUT2D eigenvalue weighted by atomic mass is 9.63. The molecule has 0 unspecified atom stereocenters. The van der Waals surface area contributed by atoms with Crippen LogP contribution in [-0.2, 0) is 0 Å². The van der Waals surface area contributed by atoms with Gasteiger partial charge in [0.25, 0.3) is 0 Å². The van der Waals surface area contributed by atoms with Crippen molar-refractivity contribution in [2.75, 3.05) is 18.1 Å². The second kappa shape index (κ2) is 7.19. The first kappa shape index (κ1) is 16.4. The fourth-order valence-corrected chi connectivity index (χ4v) is 3.91. The van der Waals surface area contributed by atoms with Crippen LogP contribution in [0.1, 0.15) is 66.2 Å². The molecule has 1 rings (SSSR count). The first-order valence-corrected chi connectivity index (χ1v) is 8.77. The Labute approximate surface area is 118 Å². The number of aliphatic hydroxyl groups is 1. The molecule has 0 radical (unpaired) electrons. The van der Waals surface area contributed by atoms with E-state index in [2.05, 4.69) is 27.7 Å². The Balaban J connectivity index is 2.40. The minimum atomic E-state index is 0.260. The summed E-state index contributed by atoms with van der Waals surface area (Å²) in [5, 5.41) is 9.78. The van der Waals surface area contributed by atoms with Gasteiger partial charge < -0.3 is 5.11 Å². The lowest BCUT2D eigenvalue weighted by Gasteiger charge is -2.43. The van der Waals surface area contributed by atoms with E-state index in [1.54, 1.807) is 0 Å². The van der Waals surface area contributed by atoms with Gasteiger partial charge >= 0.3 is 0 Å². The molecule has 1 aliphatic rings. The van der Waals surface area contributed by atoms with Crippen molar-refractivity contribution in [3.63, 3.8) is 0 Å². The fraction of sp³-hybridized carbons (Fsp3) is 1.00. The molecule has 0 heterocycles. The van der Waals surface area contributed by atoms with Crippen LogP contribution in [0.3, 0.4) is 0 Å². The predicted octanol–water partition coefficient (Wildman–Crippen LogP) is 4.73. The van der Waals surface area contributed by atoms with Crippen LogP contribution in [0.25, 0.3) is 0 Å². The second-order valence-corrected chi connectivity index (χ2v) is 8.49. The van der Waals surface area contributed by atoms with Crippen LogP contribution in [0, 0.1) is 16.7 Å². The monoisotopic (exact) mass is 272 g/mol. The van der Waals surface area contributed by atoms with Crippen LogP contribution in [0.5, 0.6) is 0 Å².